The minimum absolute atomic E-state index is 0.0494. The maximum Gasteiger partial charge on any atom is 0.224 e. The first-order chi connectivity index (χ1) is 17.8. The highest BCUT2D eigenvalue weighted by atomic mass is 16.3. The summed E-state index contributed by atoms with van der Waals surface area (Å²) in [6, 6.07) is 13.6. The van der Waals surface area contributed by atoms with E-state index in [1.807, 2.05) is 63.2 Å². The van der Waals surface area contributed by atoms with Gasteiger partial charge < -0.3 is 14.7 Å². The van der Waals surface area contributed by atoms with Gasteiger partial charge in [-0.25, -0.2) is 9.97 Å². The Hall–Kier alpha value is -4.79. The molecule has 0 saturated heterocycles. The number of carbonyl (C=O) groups is 1. The molecule has 1 amide bonds. The monoisotopic (exact) mass is 491 g/mol. The maximum absolute atomic E-state index is 12.4. The van der Waals surface area contributed by atoms with E-state index in [9.17, 15) is 4.79 Å². The van der Waals surface area contributed by atoms with Crippen molar-refractivity contribution < 1.29 is 9.21 Å². The zero-order valence-electron chi connectivity index (χ0n) is 20.7. The molecule has 6 aromatic rings. The third kappa shape index (κ3) is 4.47. The molecule has 37 heavy (non-hydrogen) atoms. The van der Waals surface area contributed by atoms with Gasteiger partial charge >= 0.3 is 0 Å². The predicted octanol–water partition coefficient (Wildman–Crippen LogP) is 6.20. The van der Waals surface area contributed by atoms with Crippen LogP contribution in [0.2, 0.25) is 0 Å². The third-order valence-electron chi connectivity index (χ3n) is 5.99. The van der Waals surface area contributed by atoms with Crippen LogP contribution in [0.25, 0.3) is 56.0 Å². The number of nitrogens with one attached hydrogen (secondary N) is 3. The van der Waals surface area contributed by atoms with E-state index < -0.39 is 0 Å². The Kier molecular flexibility index (Phi) is 5.33. The Morgan fingerprint density at radius 1 is 1.00 bits per heavy atom. The molecule has 0 aliphatic heterocycles. The van der Waals surface area contributed by atoms with Crippen LogP contribution in [0.4, 0.5) is 5.69 Å². The molecule has 9 nitrogen and oxygen atoms in total. The summed E-state index contributed by atoms with van der Waals surface area (Å²) in [7, 11) is 0. The lowest BCUT2D eigenvalue weighted by atomic mass is 9.92. The van der Waals surface area contributed by atoms with E-state index >= 15 is 0 Å². The standard InChI is InChI=1S/C28H25N7O2/c1-28(2,3)12-23(36)30-18-11-17(13-29-14-18)20-7-8-22-25(31-20)26(35-34-22)27-32-21-6-4-5-19(24(21)33-27)16-9-10-37-15-16/h4-11,13-15H,12H2,1-3H3,(H,30,36)(H,32,33)(H,34,35). The van der Waals surface area contributed by atoms with E-state index in [0.717, 1.165) is 33.2 Å². The second-order valence-corrected chi connectivity index (χ2v) is 10.2. The molecular formula is C28H25N7O2. The summed E-state index contributed by atoms with van der Waals surface area (Å²) in [6.07, 6.45) is 7.13. The van der Waals surface area contributed by atoms with Gasteiger partial charge in [0.15, 0.2) is 11.5 Å². The molecule has 0 spiro atoms. The molecular weight excluding hydrogens is 466 g/mol. The number of para-hydroxylation sites is 1. The minimum Gasteiger partial charge on any atom is -0.472 e. The largest absolute Gasteiger partial charge is 0.472 e. The summed E-state index contributed by atoms with van der Waals surface area (Å²) in [5.74, 6) is 0.565. The molecule has 0 radical (unpaired) electrons. The van der Waals surface area contributed by atoms with Crippen molar-refractivity contribution in [3.05, 3.63) is 67.4 Å². The number of hydrogen-bond acceptors (Lipinski definition) is 6. The Bertz CT molecular complexity index is 1740. The van der Waals surface area contributed by atoms with E-state index in [-0.39, 0.29) is 11.3 Å². The molecule has 5 heterocycles. The summed E-state index contributed by atoms with van der Waals surface area (Å²) in [5, 5.41) is 10.5. The number of aromatic amines is 2. The van der Waals surface area contributed by atoms with Gasteiger partial charge in [-0.3, -0.25) is 14.9 Å². The summed E-state index contributed by atoms with van der Waals surface area (Å²) in [4.78, 5) is 29.8. The smallest absolute Gasteiger partial charge is 0.224 e. The van der Waals surface area contributed by atoms with Crippen LogP contribution in [0.5, 0.6) is 0 Å². The number of amides is 1. The number of nitrogens with zero attached hydrogens (tertiary/aromatic N) is 4. The highest BCUT2D eigenvalue weighted by Gasteiger charge is 2.18. The lowest BCUT2D eigenvalue weighted by molar-refractivity contribution is -0.117. The van der Waals surface area contributed by atoms with Crippen LogP contribution >= 0.6 is 0 Å². The van der Waals surface area contributed by atoms with Gasteiger partial charge in [-0.15, -0.1) is 0 Å². The summed E-state index contributed by atoms with van der Waals surface area (Å²) in [6.45, 7) is 6.09. The number of hydrogen-bond donors (Lipinski definition) is 3. The number of carbonyl (C=O) groups excluding carboxylic acids is 1. The van der Waals surface area contributed by atoms with Crippen LogP contribution in [0.3, 0.4) is 0 Å². The van der Waals surface area contributed by atoms with E-state index in [2.05, 4.69) is 25.5 Å². The molecule has 0 saturated carbocycles. The van der Waals surface area contributed by atoms with Crippen LogP contribution < -0.4 is 5.32 Å². The van der Waals surface area contributed by atoms with Crippen molar-refractivity contribution in [2.45, 2.75) is 27.2 Å². The lowest BCUT2D eigenvalue weighted by Crippen LogP contribution is -2.19. The number of imidazole rings is 1. The van der Waals surface area contributed by atoms with Gasteiger partial charge in [0.25, 0.3) is 0 Å². The molecule has 3 N–H and O–H groups in total. The number of anilines is 1. The third-order valence-corrected chi connectivity index (χ3v) is 5.99. The van der Waals surface area contributed by atoms with Crippen molar-refractivity contribution in [2.75, 3.05) is 5.32 Å². The van der Waals surface area contributed by atoms with Crippen molar-refractivity contribution >= 4 is 33.7 Å². The van der Waals surface area contributed by atoms with Gasteiger partial charge in [0.2, 0.25) is 5.91 Å². The molecule has 1 aromatic carbocycles. The Labute approximate surface area is 212 Å². The molecule has 0 aliphatic carbocycles. The number of benzene rings is 1. The zero-order valence-corrected chi connectivity index (χ0v) is 20.7. The van der Waals surface area contributed by atoms with Crippen molar-refractivity contribution in [3.8, 4) is 33.9 Å². The fraction of sp³-hybridized carbons (Fsp3) is 0.179. The number of rotatable bonds is 5. The molecule has 0 unspecified atom stereocenters. The molecule has 6 rings (SSSR count). The fourth-order valence-electron chi connectivity index (χ4n) is 4.36. The number of pyridine rings is 2. The normalized spacial score (nSPS) is 11.9. The Morgan fingerprint density at radius 3 is 2.70 bits per heavy atom. The first-order valence-corrected chi connectivity index (χ1v) is 12.0. The van der Waals surface area contributed by atoms with Crippen LogP contribution in [0.1, 0.15) is 27.2 Å². The summed E-state index contributed by atoms with van der Waals surface area (Å²) in [5.41, 5.74) is 7.77. The van der Waals surface area contributed by atoms with Gasteiger partial charge in [-0.1, -0.05) is 32.9 Å². The van der Waals surface area contributed by atoms with Crippen LogP contribution in [-0.2, 0) is 4.79 Å². The second kappa shape index (κ2) is 8.70. The van der Waals surface area contributed by atoms with E-state index in [1.165, 1.54) is 0 Å². The van der Waals surface area contributed by atoms with Crippen molar-refractivity contribution in [1.82, 2.24) is 30.1 Å². The quantitative estimate of drug-likeness (QED) is 0.264. The average Bonchev–Trinajstić information content (AvgIpc) is 3.61. The fourth-order valence-corrected chi connectivity index (χ4v) is 4.36. The number of furan rings is 1. The van der Waals surface area contributed by atoms with Crippen LogP contribution in [-0.4, -0.2) is 36.0 Å². The number of fused-ring (bicyclic) bond motifs is 2. The van der Waals surface area contributed by atoms with Crippen LogP contribution in [0.15, 0.2) is 71.8 Å². The molecule has 5 aromatic heterocycles. The number of aromatic nitrogens is 6. The summed E-state index contributed by atoms with van der Waals surface area (Å²) >= 11 is 0. The highest BCUT2D eigenvalue weighted by molar-refractivity contribution is 5.96. The first kappa shape index (κ1) is 22.7. The molecule has 9 heteroatoms. The molecule has 0 atom stereocenters. The Morgan fingerprint density at radius 2 is 1.89 bits per heavy atom. The molecule has 0 bridgehead atoms. The molecule has 184 valence electrons. The van der Waals surface area contributed by atoms with Crippen molar-refractivity contribution in [3.63, 3.8) is 0 Å². The van der Waals surface area contributed by atoms with Crippen molar-refractivity contribution in [2.24, 2.45) is 5.41 Å². The van der Waals surface area contributed by atoms with Gasteiger partial charge in [0, 0.05) is 29.3 Å². The first-order valence-electron chi connectivity index (χ1n) is 12.0. The highest BCUT2D eigenvalue weighted by Crippen LogP contribution is 2.32. The molecule has 0 aliphatic rings. The van der Waals surface area contributed by atoms with Crippen molar-refractivity contribution in [1.29, 1.82) is 0 Å². The lowest BCUT2D eigenvalue weighted by Gasteiger charge is -2.17. The maximum atomic E-state index is 12.4. The van der Waals surface area contributed by atoms with Crippen LogP contribution in [0, 0.1) is 5.41 Å². The predicted molar refractivity (Wildman–Crippen MR) is 143 cm³/mol. The van der Waals surface area contributed by atoms with E-state index in [0.29, 0.717) is 34.8 Å². The van der Waals surface area contributed by atoms with Gasteiger partial charge in [-0.05, 0) is 35.7 Å². The minimum atomic E-state index is -0.102. The zero-order chi connectivity index (χ0) is 25.6. The van der Waals surface area contributed by atoms with E-state index in [1.54, 1.807) is 24.9 Å². The van der Waals surface area contributed by atoms with E-state index in [4.69, 9.17) is 14.4 Å². The second-order valence-electron chi connectivity index (χ2n) is 10.2. The topological polar surface area (TPSA) is 125 Å². The number of H-pyrrole nitrogens is 2. The van der Waals surface area contributed by atoms with Gasteiger partial charge in [0.1, 0.15) is 5.52 Å². The SMILES string of the molecule is CC(C)(C)CC(=O)Nc1cncc(-c2ccc3[nH]nc(-c4nc5c(-c6ccoc6)cccc5[nH]4)c3n2)c1. The summed E-state index contributed by atoms with van der Waals surface area (Å²) < 4.78 is 5.27. The van der Waals surface area contributed by atoms with Gasteiger partial charge in [0.05, 0.1) is 46.7 Å². The molecule has 0 fully saturated rings. The average molecular weight is 492 g/mol. The Balaban J connectivity index is 1.36. The van der Waals surface area contributed by atoms with Gasteiger partial charge in [-0.2, -0.15) is 5.10 Å².